The van der Waals surface area contributed by atoms with Crippen molar-refractivity contribution in [1.82, 2.24) is 0 Å². The van der Waals surface area contributed by atoms with E-state index in [0.29, 0.717) is 26.9 Å². The standard InChI is InChI=1S/C13H12Cl2N2O3S/c1-20-11-5-8(9(14)6-10(11)15)7-3-2-4-12(13(7)16)21(17,18)19/h2-6H,16H2,1H3,(H2,17,18,19). The van der Waals surface area contributed by atoms with Gasteiger partial charge in [-0.15, -0.1) is 0 Å². The number of para-hydroxylation sites is 1. The summed E-state index contributed by atoms with van der Waals surface area (Å²) in [4.78, 5) is -0.162. The Morgan fingerprint density at radius 2 is 1.76 bits per heavy atom. The Morgan fingerprint density at radius 1 is 1.10 bits per heavy atom. The largest absolute Gasteiger partial charge is 0.495 e. The van der Waals surface area contributed by atoms with Crippen molar-refractivity contribution >= 4 is 38.9 Å². The number of halogens is 2. The fourth-order valence-corrected chi connectivity index (χ4v) is 3.17. The molecule has 5 nitrogen and oxygen atoms in total. The van der Waals surface area contributed by atoms with E-state index in [-0.39, 0.29) is 10.6 Å². The van der Waals surface area contributed by atoms with Crippen LogP contribution < -0.4 is 15.6 Å². The van der Waals surface area contributed by atoms with Gasteiger partial charge in [-0.2, -0.15) is 0 Å². The maximum absolute atomic E-state index is 11.5. The third kappa shape index (κ3) is 3.08. The number of anilines is 1. The van der Waals surface area contributed by atoms with Crippen LogP contribution in [-0.2, 0) is 10.0 Å². The molecule has 0 amide bonds. The van der Waals surface area contributed by atoms with Crippen LogP contribution in [0.25, 0.3) is 11.1 Å². The number of nitrogen functional groups attached to an aromatic ring is 1. The topological polar surface area (TPSA) is 95.4 Å². The van der Waals surface area contributed by atoms with Gasteiger partial charge in [-0.3, -0.25) is 0 Å². The number of ether oxygens (including phenoxy) is 1. The zero-order valence-corrected chi connectivity index (χ0v) is 13.3. The second-order valence-electron chi connectivity index (χ2n) is 4.23. The monoisotopic (exact) mass is 346 g/mol. The van der Waals surface area contributed by atoms with Crippen LogP contribution in [0.15, 0.2) is 35.2 Å². The molecule has 0 aliphatic rings. The number of methoxy groups -OCH3 is 1. The van der Waals surface area contributed by atoms with Crippen LogP contribution in [0.2, 0.25) is 10.0 Å². The van der Waals surface area contributed by atoms with Crippen molar-refractivity contribution in [1.29, 1.82) is 0 Å². The maximum atomic E-state index is 11.5. The van der Waals surface area contributed by atoms with Gasteiger partial charge in [0.05, 0.1) is 22.8 Å². The predicted molar refractivity (Wildman–Crippen MR) is 84.2 cm³/mol. The maximum Gasteiger partial charge on any atom is 0.240 e. The molecule has 0 aromatic heterocycles. The number of hydrogen-bond acceptors (Lipinski definition) is 4. The van der Waals surface area contributed by atoms with Gasteiger partial charge >= 0.3 is 0 Å². The molecule has 112 valence electrons. The van der Waals surface area contributed by atoms with Gasteiger partial charge in [0, 0.05) is 11.1 Å². The van der Waals surface area contributed by atoms with Gasteiger partial charge in [-0.05, 0) is 18.2 Å². The van der Waals surface area contributed by atoms with E-state index in [1.165, 1.54) is 25.3 Å². The van der Waals surface area contributed by atoms with Gasteiger partial charge in [-0.25, -0.2) is 13.6 Å². The SMILES string of the molecule is COc1cc(-c2cccc(S(N)(=O)=O)c2N)c(Cl)cc1Cl. The quantitative estimate of drug-likeness (QED) is 0.835. The summed E-state index contributed by atoms with van der Waals surface area (Å²) in [6, 6.07) is 7.58. The lowest BCUT2D eigenvalue weighted by molar-refractivity contribution is 0.415. The summed E-state index contributed by atoms with van der Waals surface area (Å²) in [5, 5.41) is 5.80. The van der Waals surface area contributed by atoms with E-state index in [1.807, 2.05) is 0 Å². The number of benzene rings is 2. The van der Waals surface area contributed by atoms with E-state index in [0.717, 1.165) is 0 Å². The summed E-state index contributed by atoms with van der Waals surface area (Å²) in [5.74, 6) is 0.400. The van der Waals surface area contributed by atoms with Gasteiger partial charge in [0.15, 0.2) is 0 Å². The Morgan fingerprint density at radius 3 is 2.33 bits per heavy atom. The van der Waals surface area contributed by atoms with Crippen LogP contribution in [-0.4, -0.2) is 15.5 Å². The smallest absolute Gasteiger partial charge is 0.240 e. The molecule has 2 rings (SSSR count). The minimum absolute atomic E-state index is 0.0197. The van der Waals surface area contributed by atoms with Crippen LogP contribution in [0.1, 0.15) is 0 Å². The average molecular weight is 347 g/mol. The van der Waals surface area contributed by atoms with E-state index in [2.05, 4.69) is 0 Å². The van der Waals surface area contributed by atoms with Crippen molar-refractivity contribution in [2.24, 2.45) is 5.14 Å². The van der Waals surface area contributed by atoms with Crippen molar-refractivity contribution < 1.29 is 13.2 Å². The first-order valence-corrected chi connectivity index (χ1v) is 8.00. The Labute approximate surface area is 132 Å². The lowest BCUT2D eigenvalue weighted by Crippen LogP contribution is -2.14. The van der Waals surface area contributed by atoms with E-state index in [1.54, 1.807) is 12.1 Å². The van der Waals surface area contributed by atoms with Crippen LogP contribution in [0.4, 0.5) is 5.69 Å². The number of primary sulfonamides is 1. The van der Waals surface area contributed by atoms with E-state index < -0.39 is 10.0 Å². The molecular weight excluding hydrogens is 335 g/mol. The molecule has 0 aliphatic carbocycles. The van der Waals surface area contributed by atoms with Crippen LogP contribution in [0.3, 0.4) is 0 Å². The van der Waals surface area contributed by atoms with Gasteiger partial charge in [0.25, 0.3) is 0 Å². The lowest BCUT2D eigenvalue weighted by Gasteiger charge is -2.13. The highest BCUT2D eigenvalue weighted by atomic mass is 35.5. The van der Waals surface area contributed by atoms with E-state index in [4.69, 9.17) is 38.8 Å². The minimum atomic E-state index is -3.93. The molecule has 0 radical (unpaired) electrons. The van der Waals surface area contributed by atoms with Gasteiger partial charge in [0.2, 0.25) is 10.0 Å². The van der Waals surface area contributed by atoms with Crippen LogP contribution in [0.5, 0.6) is 5.75 Å². The molecule has 0 bridgehead atoms. The summed E-state index contributed by atoms with van der Waals surface area (Å²) >= 11 is 12.1. The highest BCUT2D eigenvalue weighted by molar-refractivity contribution is 7.89. The third-order valence-corrected chi connectivity index (χ3v) is 4.48. The molecule has 0 atom stereocenters. The van der Waals surface area contributed by atoms with E-state index >= 15 is 0 Å². The van der Waals surface area contributed by atoms with Gasteiger partial charge in [-0.1, -0.05) is 35.3 Å². The second-order valence-corrected chi connectivity index (χ2v) is 6.57. The van der Waals surface area contributed by atoms with Crippen LogP contribution in [0, 0.1) is 0 Å². The lowest BCUT2D eigenvalue weighted by atomic mass is 10.0. The average Bonchev–Trinajstić information content (AvgIpc) is 2.38. The van der Waals surface area contributed by atoms with Crippen molar-refractivity contribution in [2.45, 2.75) is 4.90 Å². The van der Waals surface area contributed by atoms with Crippen LogP contribution >= 0.6 is 23.2 Å². The molecule has 0 aliphatic heterocycles. The fourth-order valence-electron chi connectivity index (χ4n) is 1.92. The summed E-state index contributed by atoms with van der Waals surface area (Å²) in [6.07, 6.45) is 0. The highest BCUT2D eigenvalue weighted by Crippen LogP contribution is 2.40. The first kappa shape index (κ1) is 15.9. The minimum Gasteiger partial charge on any atom is -0.495 e. The molecule has 21 heavy (non-hydrogen) atoms. The second kappa shape index (κ2) is 5.73. The summed E-state index contributed by atoms with van der Waals surface area (Å²) in [5.41, 5.74) is 6.86. The predicted octanol–water partition coefficient (Wildman–Crippen LogP) is 2.90. The molecule has 0 saturated heterocycles. The van der Waals surface area contributed by atoms with Gasteiger partial charge in [0.1, 0.15) is 10.6 Å². The third-order valence-electron chi connectivity index (χ3n) is 2.90. The summed E-state index contributed by atoms with van der Waals surface area (Å²) < 4.78 is 28.2. The highest BCUT2D eigenvalue weighted by Gasteiger charge is 2.18. The molecule has 8 heteroatoms. The molecule has 0 spiro atoms. The Hall–Kier alpha value is -1.47. The molecule has 0 saturated carbocycles. The zero-order chi connectivity index (χ0) is 15.8. The molecule has 4 N–H and O–H groups in total. The molecule has 2 aromatic carbocycles. The fraction of sp³-hybridized carbons (Fsp3) is 0.0769. The number of nitrogens with two attached hydrogens (primary N) is 2. The first-order valence-electron chi connectivity index (χ1n) is 5.70. The molecule has 0 unspecified atom stereocenters. The summed E-state index contributed by atoms with van der Waals surface area (Å²) in [7, 11) is -2.46. The number of hydrogen-bond donors (Lipinski definition) is 2. The van der Waals surface area contributed by atoms with E-state index in [9.17, 15) is 8.42 Å². The van der Waals surface area contributed by atoms with Crippen molar-refractivity contribution in [3.63, 3.8) is 0 Å². The van der Waals surface area contributed by atoms with Crippen molar-refractivity contribution in [3.05, 3.63) is 40.4 Å². The summed E-state index contributed by atoms with van der Waals surface area (Å²) in [6.45, 7) is 0. The first-order chi connectivity index (χ1) is 9.75. The van der Waals surface area contributed by atoms with Gasteiger partial charge < -0.3 is 10.5 Å². The number of rotatable bonds is 3. The van der Waals surface area contributed by atoms with Crippen molar-refractivity contribution in [2.75, 3.05) is 12.8 Å². The molecule has 2 aromatic rings. The molecular formula is C13H12Cl2N2O3S. The normalized spacial score (nSPS) is 11.4. The van der Waals surface area contributed by atoms with Crippen molar-refractivity contribution in [3.8, 4) is 16.9 Å². The number of sulfonamides is 1. The Bertz CT molecular complexity index is 807. The Balaban J connectivity index is 2.74. The Kier molecular flexibility index (Phi) is 4.34. The molecule has 0 fully saturated rings. The zero-order valence-electron chi connectivity index (χ0n) is 10.9. The molecule has 0 heterocycles.